The largest absolute Gasteiger partial charge is 0.481 e. The average Bonchev–Trinajstić information content (AvgIpc) is 2.19. The lowest BCUT2D eigenvalue weighted by Gasteiger charge is -2.18. The normalized spacial score (nSPS) is 16.3. The molecule has 0 saturated heterocycles. The highest BCUT2D eigenvalue weighted by atomic mass is 16.4. The van der Waals surface area contributed by atoms with Crippen LogP contribution in [0.4, 0.5) is 0 Å². The molecule has 0 atom stereocenters. The molecule has 0 amide bonds. The lowest BCUT2D eigenvalue weighted by atomic mass is 9.87. The fraction of sp³-hybridized carbons (Fsp3) is 0.818. The van der Waals surface area contributed by atoms with Crippen LogP contribution in [-0.4, -0.2) is 22.2 Å². The van der Waals surface area contributed by atoms with E-state index in [-0.39, 0.29) is 6.42 Å². The molecular weight excluding hydrogens is 196 g/mol. The second-order valence-corrected chi connectivity index (χ2v) is 3.85. The quantitative estimate of drug-likeness (QED) is 0.760. The van der Waals surface area contributed by atoms with Crippen molar-refractivity contribution in [1.29, 1.82) is 0 Å². The van der Waals surface area contributed by atoms with Crippen molar-refractivity contribution in [3.05, 3.63) is 0 Å². The number of carbonyl (C=O) groups is 2. The number of aliphatic carboxylic acids is 2. The predicted molar refractivity (Wildman–Crippen MR) is 56.8 cm³/mol. The van der Waals surface area contributed by atoms with Gasteiger partial charge in [0.05, 0.1) is 0 Å². The second kappa shape index (κ2) is 8.26. The van der Waals surface area contributed by atoms with Crippen LogP contribution in [-0.2, 0) is 9.59 Å². The van der Waals surface area contributed by atoms with E-state index in [1.54, 1.807) is 6.92 Å². The molecule has 2 N–H and O–H groups in total. The highest BCUT2D eigenvalue weighted by Gasteiger charge is 2.15. The molecule has 1 aliphatic rings. The number of hydrogen-bond acceptors (Lipinski definition) is 2. The Hall–Kier alpha value is -1.06. The third kappa shape index (κ3) is 9.25. The smallest absolute Gasteiger partial charge is 0.303 e. The maximum absolute atomic E-state index is 10.3. The zero-order valence-corrected chi connectivity index (χ0v) is 9.24. The third-order valence-electron chi connectivity index (χ3n) is 2.49. The molecule has 0 aromatic rings. The summed E-state index contributed by atoms with van der Waals surface area (Å²) in [6, 6.07) is 0. The average molecular weight is 216 g/mol. The monoisotopic (exact) mass is 216 g/mol. The minimum atomic E-state index is -0.745. The summed E-state index contributed by atoms with van der Waals surface area (Å²) < 4.78 is 0. The number of carboxylic acid groups (broad SMARTS) is 2. The highest BCUT2D eigenvalue weighted by molar-refractivity contribution is 5.67. The number of rotatable bonds is 3. The second-order valence-electron chi connectivity index (χ2n) is 3.85. The highest BCUT2D eigenvalue weighted by Crippen LogP contribution is 2.25. The maximum atomic E-state index is 10.3. The van der Waals surface area contributed by atoms with Crippen molar-refractivity contribution in [2.75, 3.05) is 0 Å². The lowest BCUT2D eigenvalue weighted by molar-refractivity contribution is -0.138. The summed E-state index contributed by atoms with van der Waals surface area (Å²) in [6.45, 7) is 1.60. The summed E-state index contributed by atoms with van der Waals surface area (Å²) in [5, 5.41) is 16.2. The molecule has 0 heterocycles. The van der Waals surface area contributed by atoms with Crippen molar-refractivity contribution >= 4 is 11.9 Å². The Labute approximate surface area is 90.3 Å². The van der Waals surface area contributed by atoms with Gasteiger partial charge < -0.3 is 10.2 Å². The van der Waals surface area contributed by atoms with E-state index in [2.05, 4.69) is 0 Å². The van der Waals surface area contributed by atoms with Gasteiger partial charge in [0.2, 0.25) is 0 Å². The Morgan fingerprint density at radius 3 is 1.87 bits per heavy atom. The molecule has 0 bridgehead atoms. The summed E-state index contributed by atoms with van der Waals surface area (Å²) in [5.74, 6) is -0.900. The molecule has 1 aliphatic carbocycles. The van der Waals surface area contributed by atoms with Gasteiger partial charge in [-0.3, -0.25) is 9.59 Å². The first kappa shape index (κ1) is 13.9. The van der Waals surface area contributed by atoms with E-state index in [1.807, 2.05) is 0 Å². The fourth-order valence-corrected chi connectivity index (χ4v) is 1.64. The van der Waals surface area contributed by atoms with Gasteiger partial charge in [0.25, 0.3) is 0 Å². The van der Waals surface area contributed by atoms with Crippen LogP contribution < -0.4 is 0 Å². The minimum Gasteiger partial charge on any atom is -0.481 e. The van der Waals surface area contributed by atoms with Crippen LogP contribution in [0.5, 0.6) is 0 Å². The first-order valence-electron chi connectivity index (χ1n) is 5.49. The van der Waals surface area contributed by atoms with Crippen LogP contribution in [0.25, 0.3) is 0 Å². The van der Waals surface area contributed by atoms with E-state index in [0.29, 0.717) is 12.3 Å². The van der Waals surface area contributed by atoms with Gasteiger partial charge >= 0.3 is 11.9 Å². The Bertz CT molecular complexity index is 195. The van der Waals surface area contributed by atoms with Gasteiger partial charge in [-0.2, -0.15) is 0 Å². The van der Waals surface area contributed by atoms with Crippen LogP contribution in [0.1, 0.15) is 51.9 Å². The molecule has 0 aromatic carbocycles. The van der Waals surface area contributed by atoms with Crippen molar-refractivity contribution in [2.45, 2.75) is 51.9 Å². The third-order valence-corrected chi connectivity index (χ3v) is 2.49. The van der Waals surface area contributed by atoms with Gasteiger partial charge in [0.15, 0.2) is 0 Å². The predicted octanol–water partition coefficient (Wildman–Crippen LogP) is 2.52. The van der Waals surface area contributed by atoms with Gasteiger partial charge in [-0.05, 0) is 18.8 Å². The molecule has 15 heavy (non-hydrogen) atoms. The number of carboxylic acids is 2. The first-order chi connectivity index (χ1) is 7.06. The lowest BCUT2D eigenvalue weighted by Crippen LogP contribution is -2.10. The van der Waals surface area contributed by atoms with E-state index in [4.69, 9.17) is 10.2 Å². The Morgan fingerprint density at radius 1 is 1.07 bits per heavy atom. The topological polar surface area (TPSA) is 74.6 Å². The first-order valence-corrected chi connectivity index (χ1v) is 5.49. The van der Waals surface area contributed by atoms with Crippen LogP contribution in [0.15, 0.2) is 0 Å². The standard InChI is InChI=1S/C8H14O2.C3H6O2/c9-8(10)6-7-4-2-1-3-5-7;1-2-3(4)5/h7H,1-6H2,(H,9,10);2H2,1H3,(H,4,5). The van der Waals surface area contributed by atoms with Gasteiger partial charge in [-0.15, -0.1) is 0 Å². The molecule has 4 nitrogen and oxygen atoms in total. The van der Waals surface area contributed by atoms with E-state index >= 15 is 0 Å². The van der Waals surface area contributed by atoms with Crippen molar-refractivity contribution in [2.24, 2.45) is 5.92 Å². The molecule has 1 saturated carbocycles. The summed E-state index contributed by atoms with van der Waals surface area (Å²) in [7, 11) is 0. The molecule has 0 unspecified atom stereocenters. The van der Waals surface area contributed by atoms with Gasteiger partial charge in [-0.1, -0.05) is 26.2 Å². The maximum Gasteiger partial charge on any atom is 0.303 e. The van der Waals surface area contributed by atoms with Crippen LogP contribution >= 0.6 is 0 Å². The summed E-state index contributed by atoms with van der Waals surface area (Å²) in [5.41, 5.74) is 0. The molecule has 0 radical (unpaired) electrons. The Balaban J connectivity index is 0.000000336. The molecule has 1 rings (SSSR count). The van der Waals surface area contributed by atoms with Gasteiger partial charge in [-0.25, -0.2) is 0 Å². The van der Waals surface area contributed by atoms with E-state index < -0.39 is 11.9 Å². The van der Waals surface area contributed by atoms with E-state index in [9.17, 15) is 9.59 Å². The van der Waals surface area contributed by atoms with E-state index in [0.717, 1.165) is 12.8 Å². The van der Waals surface area contributed by atoms with Crippen LogP contribution in [0.3, 0.4) is 0 Å². The Morgan fingerprint density at radius 2 is 1.53 bits per heavy atom. The molecule has 0 aromatic heterocycles. The van der Waals surface area contributed by atoms with Crippen molar-refractivity contribution in [3.8, 4) is 0 Å². The molecule has 0 spiro atoms. The van der Waals surface area contributed by atoms with Crippen LogP contribution in [0.2, 0.25) is 0 Å². The summed E-state index contributed by atoms with van der Waals surface area (Å²) in [4.78, 5) is 19.6. The molecule has 4 heteroatoms. The zero-order chi connectivity index (χ0) is 11.7. The molecular formula is C11H20O4. The van der Waals surface area contributed by atoms with Gasteiger partial charge in [0.1, 0.15) is 0 Å². The molecule has 1 fully saturated rings. The SMILES string of the molecule is CCC(=O)O.O=C(O)CC1CCCCC1. The number of hydrogen-bond donors (Lipinski definition) is 2. The van der Waals surface area contributed by atoms with Crippen molar-refractivity contribution in [1.82, 2.24) is 0 Å². The summed E-state index contributed by atoms with van der Waals surface area (Å²) >= 11 is 0. The Kier molecular flexibility index (Phi) is 7.68. The molecule has 88 valence electrons. The van der Waals surface area contributed by atoms with Crippen LogP contribution in [0, 0.1) is 5.92 Å². The van der Waals surface area contributed by atoms with E-state index in [1.165, 1.54) is 19.3 Å². The molecule has 0 aliphatic heterocycles. The van der Waals surface area contributed by atoms with Crippen molar-refractivity contribution in [3.63, 3.8) is 0 Å². The van der Waals surface area contributed by atoms with Crippen molar-refractivity contribution < 1.29 is 19.8 Å². The van der Waals surface area contributed by atoms with Gasteiger partial charge in [0, 0.05) is 12.8 Å². The fourth-order valence-electron chi connectivity index (χ4n) is 1.64. The zero-order valence-electron chi connectivity index (χ0n) is 9.24. The minimum absolute atomic E-state index is 0.222. The summed E-state index contributed by atoms with van der Waals surface area (Å²) in [6.07, 6.45) is 6.64.